The van der Waals surface area contributed by atoms with E-state index in [0.29, 0.717) is 19.5 Å². The van der Waals surface area contributed by atoms with Crippen molar-refractivity contribution in [1.29, 1.82) is 0 Å². The van der Waals surface area contributed by atoms with E-state index in [9.17, 15) is 8.42 Å². The van der Waals surface area contributed by atoms with Crippen molar-refractivity contribution in [3.8, 4) is 11.5 Å². The molecule has 2 aromatic heterocycles. The van der Waals surface area contributed by atoms with E-state index in [-0.39, 0.29) is 5.92 Å². The third kappa shape index (κ3) is 3.19. The van der Waals surface area contributed by atoms with E-state index in [0.717, 1.165) is 23.6 Å². The zero-order chi connectivity index (χ0) is 17.3. The Kier molecular flexibility index (Phi) is 4.66. The normalized spacial score (nSPS) is 19.2. The first-order valence-corrected chi connectivity index (χ1v) is 9.24. The fourth-order valence-corrected chi connectivity index (χ4v) is 4.17. The number of nitrogens with zero attached hydrogens (tertiary/aromatic N) is 6. The summed E-state index contributed by atoms with van der Waals surface area (Å²) in [4.78, 5) is 13.2. The molecule has 0 aliphatic carbocycles. The van der Waals surface area contributed by atoms with E-state index in [1.165, 1.54) is 8.61 Å². The third-order valence-corrected chi connectivity index (χ3v) is 6.23. The Labute approximate surface area is 142 Å². The van der Waals surface area contributed by atoms with Crippen LogP contribution in [-0.2, 0) is 23.7 Å². The Balaban J connectivity index is 1.78. The molecule has 0 radical (unpaired) electrons. The van der Waals surface area contributed by atoms with Gasteiger partial charge in [-0.15, -0.1) is 0 Å². The molecule has 130 valence electrons. The second-order valence-electron chi connectivity index (χ2n) is 6.22. The van der Waals surface area contributed by atoms with Gasteiger partial charge >= 0.3 is 0 Å². The van der Waals surface area contributed by atoms with E-state index in [2.05, 4.69) is 15.0 Å². The Morgan fingerprint density at radius 2 is 1.96 bits per heavy atom. The first-order chi connectivity index (χ1) is 11.4. The summed E-state index contributed by atoms with van der Waals surface area (Å²) in [6.07, 6.45) is 8.44. The molecule has 0 amide bonds. The van der Waals surface area contributed by atoms with Gasteiger partial charge in [0.15, 0.2) is 5.82 Å². The van der Waals surface area contributed by atoms with Gasteiger partial charge < -0.3 is 4.57 Å². The van der Waals surface area contributed by atoms with Crippen molar-refractivity contribution in [3.05, 3.63) is 30.5 Å². The van der Waals surface area contributed by atoms with Crippen molar-refractivity contribution in [3.63, 3.8) is 0 Å². The van der Waals surface area contributed by atoms with Crippen molar-refractivity contribution in [1.82, 2.24) is 28.1 Å². The predicted molar refractivity (Wildman–Crippen MR) is 90.2 cm³/mol. The summed E-state index contributed by atoms with van der Waals surface area (Å²) in [5.74, 6) is 1.00. The molecule has 1 aliphatic rings. The van der Waals surface area contributed by atoms with Crippen LogP contribution in [0.1, 0.15) is 12.1 Å². The maximum atomic E-state index is 12.2. The van der Waals surface area contributed by atoms with Crippen LogP contribution < -0.4 is 0 Å². The fraction of sp³-hybridized carbons (Fsp3) is 0.533. The average molecular weight is 350 g/mol. The molecule has 2 aromatic rings. The van der Waals surface area contributed by atoms with Crippen LogP contribution in [0.3, 0.4) is 0 Å². The highest BCUT2D eigenvalue weighted by Gasteiger charge is 2.33. The number of aromatic nitrogens is 4. The van der Waals surface area contributed by atoms with Crippen molar-refractivity contribution < 1.29 is 8.42 Å². The lowest BCUT2D eigenvalue weighted by atomic mass is 10.0. The third-order valence-electron chi connectivity index (χ3n) is 4.33. The molecular weight excluding hydrogens is 328 g/mol. The number of imidazole rings is 1. The summed E-state index contributed by atoms with van der Waals surface area (Å²) < 4.78 is 29.2. The summed E-state index contributed by atoms with van der Waals surface area (Å²) in [6, 6.07) is 0. The van der Waals surface area contributed by atoms with E-state index in [4.69, 9.17) is 0 Å². The lowest BCUT2D eigenvalue weighted by Crippen LogP contribution is -2.38. The highest BCUT2D eigenvalue weighted by Crippen LogP contribution is 2.26. The van der Waals surface area contributed by atoms with Gasteiger partial charge in [-0.3, -0.25) is 4.98 Å². The minimum absolute atomic E-state index is 0.232. The quantitative estimate of drug-likeness (QED) is 0.786. The molecule has 1 saturated heterocycles. The summed E-state index contributed by atoms with van der Waals surface area (Å²) in [7, 11) is 1.69. The molecule has 0 aromatic carbocycles. The van der Waals surface area contributed by atoms with Crippen LogP contribution in [0.4, 0.5) is 0 Å². The minimum Gasteiger partial charge on any atom is -0.333 e. The molecule has 1 unspecified atom stereocenters. The van der Waals surface area contributed by atoms with Crippen molar-refractivity contribution in [2.45, 2.75) is 12.8 Å². The van der Waals surface area contributed by atoms with Gasteiger partial charge in [-0.1, -0.05) is 0 Å². The summed E-state index contributed by atoms with van der Waals surface area (Å²) in [5, 5.41) is 0. The van der Waals surface area contributed by atoms with Gasteiger partial charge in [0.2, 0.25) is 0 Å². The van der Waals surface area contributed by atoms with E-state index in [1.807, 2.05) is 17.8 Å². The molecule has 0 bridgehead atoms. The topological polar surface area (TPSA) is 84.2 Å². The molecule has 1 fully saturated rings. The predicted octanol–water partition coefficient (Wildman–Crippen LogP) is 0.548. The first kappa shape index (κ1) is 17.0. The first-order valence-electron chi connectivity index (χ1n) is 7.84. The number of rotatable bonds is 5. The van der Waals surface area contributed by atoms with E-state index in [1.54, 1.807) is 32.7 Å². The Morgan fingerprint density at radius 1 is 1.21 bits per heavy atom. The molecule has 9 heteroatoms. The maximum absolute atomic E-state index is 12.2. The Bertz CT molecular complexity index is 817. The largest absolute Gasteiger partial charge is 0.333 e. The van der Waals surface area contributed by atoms with Gasteiger partial charge in [0.1, 0.15) is 5.69 Å². The van der Waals surface area contributed by atoms with Crippen LogP contribution in [0.25, 0.3) is 11.5 Å². The highest BCUT2D eigenvalue weighted by atomic mass is 32.2. The summed E-state index contributed by atoms with van der Waals surface area (Å²) >= 11 is 0. The second-order valence-corrected chi connectivity index (χ2v) is 8.36. The molecule has 3 rings (SSSR count). The van der Waals surface area contributed by atoms with E-state index >= 15 is 0 Å². The molecule has 1 atom stereocenters. The average Bonchev–Trinajstić information content (AvgIpc) is 3.17. The second kappa shape index (κ2) is 6.58. The SMILES string of the molecule is CN(C)S(=O)(=O)N1CCC(Cc2nccnc2-c2nccn2C)C1. The van der Waals surface area contributed by atoms with Crippen LogP contribution in [0.2, 0.25) is 0 Å². The zero-order valence-corrected chi connectivity index (χ0v) is 14.9. The van der Waals surface area contributed by atoms with Crippen LogP contribution in [0.15, 0.2) is 24.8 Å². The molecule has 0 N–H and O–H groups in total. The van der Waals surface area contributed by atoms with Gasteiger partial charge in [-0.25, -0.2) is 9.97 Å². The van der Waals surface area contributed by atoms with Gasteiger partial charge in [0.25, 0.3) is 10.2 Å². The molecule has 24 heavy (non-hydrogen) atoms. The maximum Gasteiger partial charge on any atom is 0.281 e. The zero-order valence-electron chi connectivity index (χ0n) is 14.1. The van der Waals surface area contributed by atoms with E-state index < -0.39 is 10.2 Å². The van der Waals surface area contributed by atoms with Crippen LogP contribution in [-0.4, -0.2) is 63.7 Å². The fourth-order valence-electron chi connectivity index (χ4n) is 2.97. The summed E-state index contributed by atoms with van der Waals surface area (Å²) in [5.41, 5.74) is 1.62. The lowest BCUT2D eigenvalue weighted by molar-refractivity contribution is 0.409. The van der Waals surface area contributed by atoms with Gasteiger partial charge in [-0.2, -0.15) is 17.0 Å². The summed E-state index contributed by atoms with van der Waals surface area (Å²) in [6.45, 7) is 1.06. The standard InChI is InChI=1S/C15H22N6O2S/c1-19(2)24(22,23)21-8-4-12(11-21)10-13-14(17-6-5-16-13)15-18-7-9-20(15)3/h5-7,9,12H,4,8,10-11H2,1-3H3. The van der Waals surface area contributed by atoms with Crippen molar-refractivity contribution in [2.24, 2.45) is 13.0 Å². The monoisotopic (exact) mass is 350 g/mol. The Hall–Kier alpha value is -1.84. The van der Waals surface area contributed by atoms with Crippen molar-refractivity contribution in [2.75, 3.05) is 27.2 Å². The smallest absolute Gasteiger partial charge is 0.281 e. The van der Waals surface area contributed by atoms with Crippen LogP contribution in [0.5, 0.6) is 0 Å². The van der Waals surface area contributed by atoms with Crippen molar-refractivity contribution >= 4 is 10.2 Å². The lowest BCUT2D eigenvalue weighted by Gasteiger charge is -2.20. The number of aryl methyl sites for hydroxylation is 1. The number of hydrogen-bond acceptors (Lipinski definition) is 5. The highest BCUT2D eigenvalue weighted by molar-refractivity contribution is 7.86. The van der Waals surface area contributed by atoms with Crippen LogP contribution >= 0.6 is 0 Å². The minimum atomic E-state index is -3.35. The molecule has 1 aliphatic heterocycles. The molecule has 0 spiro atoms. The molecular formula is C15H22N6O2S. The van der Waals surface area contributed by atoms with Gasteiger partial charge in [-0.05, 0) is 18.8 Å². The van der Waals surface area contributed by atoms with Gasteiger partial charge in [0.05, 0.1) is 5.69 Å². The van der Waals surface area contributed by atoms with Gasteiger partial charge in [0, 0.05) is 59.0 Å². The molecule has 3 heterocycles. The molecule has 0 saturated carbocycles. The van der Waals surface area contributed by atoms with Crippen LogP contribution in [0, 0.1) is 5.92 Å². The number of hydrogen-bond donors (Lipinski definition) is 0. The Morgan fingerprint density at radius 3 is 2.62 bits per heavy atom. The molecule has 8 nitrogen and oxygen atoms in total.